The van der Waals surface area contributed by atoms with Gasteiger partial charge in [-0.15, -0.1) is 0 Å². The van der Waals surface area contributed by atoms with Gasteiger partial charge in [0.1, 0.15) is 0 Å². The number of benzene rings is 1. The largest absolute Gasteiger partial charge is 0.376 e. The van der Waals surface area contributed by atoms with Gasteiger partial charge >= 0.3 is 0 Å². The molecule has 1 heterocycles. The zero-order chi connectivity index (χ0) is 9.26. The summed E-state index contributed by atoms with van der Waals surface area (Å²) in [6, 6.07) is 7.47. The number of thiocarbonyl (C=S) groups is 1. The number of fused-ring (bicyclic) bond motifs is 1. The van der Waals surface area contributed by atoms with E-state index in [4.69, 9.17) is 22.5 Å². The Labute approximate surface area is 79.7 Å². The van der Waals surface area contributed by atoms with Crippen molar-refractivity contribution in [3.05, 3.63) is 24.3 Å². The second kappa shape index (κ2) is 3.02. The van der Waals surface area contributed by atoms with E-state index in [1.54, 1.807) is 0 Å². The molecular formula is C8H7N3OS. The lowest BCUT2D eigenvalue weighted by Gasteiger charge is -1.96. The number of nitrogens with zero attached hydrogens (tertiary/aromatic N) is 1. The lowest BCUT2D eigenvalue weighted by atomic mass is 10.2. The molecule has 3 N–H and O–H groups in total. The Bertz CT molecular complexity index is 451. The first-order valence-electron chi connectivity index (χ1n) is 3.68. The zero-order valence-electron chi connectivity index (χ0n) is 6.65. The second-order valence-electron chi connectivity index (χ2n) is 2.52. The minimum atomic E-state index is 0.180. The molecule has 1 aromatic carbocycles. The molecule has 4 nitrogen and oxygen atoms in total. The SMILES string of the molecule is NC(=S)Nc1noc2ccccc12. The first-order valence-corrected chi connectivity index (χ1v) is 4.09. The molecule has 0 atom stereocenters. The van der Waals surface area contributed by atoms with Crippen molar-refractivity contribution in [2.75, 3.05) is 5.32 Å². The van der Waals surface area contributed by atoms with Crippen LogP contribution >= 0.6 is 12.2 Å². The highest BCUT2D eigenvalue weighted by Crippen LogP contribution is 2.21. The van der Waals surface area contributed by atoms with Gasteiger partial charge in [0.2, 0.25) is 0 Å². The van der Waals surface area contributed by atoms with E-state index in [2.05, 4.69) is 10.5 Å². The number of para-hydroxylation sites is 1. The van der Waals surface area contributed by atoms with Crippen LogP contribution in [0.5, 0.6) is 0 Å². The van der Waals surface area contributed by atoms with Gasteiger partial charge in [-0.25, -0.2) is 0 Å². The van der Waals surface area contributed by atoms with Crippen LogP contribution in [0.25, 0.3) is 11.0 Å². The number of nitrogens with two attached hydrogens (primary N) is 1. The third-order valence-corrected chi connectivity index (χ3v) is 1.72. The van der Waals surface area contributed by atoms with Crippen molar-refractivity contribution in [2.45, 2.75) is 0 Å². The number of rotatable bonds is 1. The molecule has 5 heteroatoms. The van der Waals surface area contributed by atoms with Gasteiger partial charge in [-0.3, -0.25) is 0 Å². The van der Waals surface area contributed by atoms with Crippen molar-refractivity contribution in [2.24, 2.45) is 5.73 Å². The van der Waals surface area contributed by atoms with Crippen LogP contribution in [-0.4, -0.2) is 10.3 Å². The Kier molecular flexibility index (Phi) is 1.86. The number of nitrogens with one attached hydrogen (secondary N) is 1. The highest BCUT2D eigenvalue weighted by atomic mass is 32.1. The van der Waals surface area contributed by atoms with Crippen LogP contribution < -0.4 is 11.1 Å². The molecule has 13 heavy (non-hydrogen) atoms. The number of anilines is 1. The van der Waals surface area contributed by atoms with Crippen molar-refractivity contribution < 1.29 is 4.52 Å². The summed E-state index contributed by atoms with van der Waals surface area (Å²) in [6.07, 6.45) is 0. The van der Waals surface area contributed by atoms with Crippen LogP contribution in [0.15, 0.2) is 28.8 Å². The lowest BCUT2D eigenvalue weighted by molar-refractivity contribution is 0.460. The average Bonchev–Trinajstić information content (AvgIpc) is 2.48. The molecule has 0 radical (unpaired) electrons. The van der Waals surface area contributed by atoms with E-state index in [-0.39, 0.29) is 5.11 Å². The van der Waals surface area contributed by atoms with Gasteiger partial charge in [-0.05, 0) is 24.4 Å². The smallest absolute Gasteiger partial charge is 0.183 e. The van der Waals surface area contributed by atoms with Gasteiger partial charge in [-0.1, -0.05) is 17.3 Å². The van der Waals surface area contributed by atoms with Crippen molar-refractivity contribution in [3.63, 3.8) is 0 Å². The fraction of sp³-hybridized carbons (Fsp3) is 0. The summed E-state index contributed by atoms with van der Waals surface area (Å²) in [6.45, 7) is 0. The third-order valence-electron chi connectivity index (χ3n) is 1.62. The zero-order valence-corrected chi connectivity index (χ0v) is 7.47. The highest BCUT2D eigenvalue weighted by Gasteiger charge is 2.06. The molecule has 0 aliphatic carbocycles. The second-order valence-corrected chi connectivity index (χ2v) is 2.96. The highest BCUT2D eigenvalue weighted by molar-refractivity contribution is 7.80. The average molecular weight is 193 g/mol. The van der Waals surface area contributed by atoms with Crippen molar-refractivity contribution in [3.8, 4) is 0 Å². The number of hydrogen-bond acceptors (Lipinski definition) is 3. The molecule has 0 aliphatic rings. The Morgan fingerprint density at radius 2 is 2.23 bits per heavy atom. The van der Waals surface area contributed by atoms with Crippen molar-refractivity contribution in [1.29, 1.82) is 0 Å². The molecule has 0 unspecified atom stereocenters. The van der Waals surface area contributed by atoms with E-state index < -0.39 is 0 Å². The van der Waals surface area contributed by atoms with Crippen LogP contribution in [0.4, 0.5) is 5.82 Å². The topological polar surface area (TPSA) is 64.1 Å². The summed E-state index contributed by atoms with van der Waals surface area (Å²) in [5.41, 5.74) is 6.02. The van der Waals surface area contributed by atoms with Crippen molar-refractivity contribution >= 4 is 34.1 Å². The van der Waals surface area contributed by atoms with E-state index in [0.29, 0.717) is 11.4 Å². The Hall–Kier alpha value is -1.62. The van der Waals surface area contributed by atoms with Crippen LogP contribution in [0, 0.1) is 0 Å². The standard InChI is InChI=1S/C8H7N3OS/c9-8(13)10-7-5-3-1-2-4-6(5)12-11-7/h1-4H,(H3,9,10,11,13). The molecule has 2 aromatic rings. The fourth-order valence-corrected chi connectivity index (χ4v) is 1.19. The van der Waals surface area contributed by atoms with E-state index in [9.17, 15) is 0 Å². The summed E-state index contributed by atoms with van der Waals surface area (Å²) in [5.74, 6) is 0.558. The van der Waals surface area contributed by atoms with Gasteiger partial charge in [0.25, 0.3) is 0 Å². The molecule has 0 aliphatic heterocycles. The molecule has 0 fully saturated rings. The fourth-order valence-electron chi connectivity index (χ4n) is 1.09. The molecule has 0 amide bonds. The number of hydrogen-bond donors (Lipinski definition) is 2. The molecule has 0 saturated heterocycles. The first kappa shape index (κ1) is 8.00. The van der Waals surface area contributed by atoms with Gasteiger partial charge in [0.05, 0.1) is 5.39 Å². The maximum Gasteiger partial charge on any atom is 0.183 e. The molecule has 2 rings (SSSR count). The van der Waals surface area contributed by atoms with Crippen LogP contribution in [-0.2, 0) is 0 Å². The van der Waals surface area contributed by atoms with Crippen LogP contribution in [0.3, 0.4) is 0 Å². The van der Waals surface area contributed by atoms with Crippen molar-refractivity contribution in [1.82, 2.24) is 5.16 Å². The quantitative estimate of drug-likeness (QED) is 0.672. The predicted octanol–water partition coefficient (Wildman–Crippen LogP) is 1.48. The Morgan fingerprint density at radius 3 is 3.00 bits per heavy atom. The van der Waals surface area contributed by atoms with Gasteiger partial charge < -0.3 is 15.6 Å². The van der Waals surface area contributed by atoms with E-state index in [0.717, 1.165) is 5.39 Å². The maximum atomic E-state index is 5.31. The van der Waals surface area contributed by atoms with Gasteiger partial charge in [0, 0.05) is 0 Å². The molecule has 0 spiro atoms. The normalized spacial score (nSPS) is 10.2. The maximum absolute atomic E-state index is 5.31. The molecule has 66 valence electrons. The molecule has 0 saturated carbocycles. The van der Waals surface area contributed by atoms with Gasteiger partial charge in [-0.2, -0.15) is 0 Å². The van der Waals surface area contributed by atoms with E-state index in [1.165, 1.54) is 0 Å². The van der Waals surface area contributed by atoms with E-state index >= 15 is 0 Å². The number of aromatic nitrogens is 1. The summed E-state index contributed by atoms with van der Waals surface area (Å²) in [4.78, 5) is 0. The monoisotopic (exact) mass is 193 g/mol. The third kappa shape index (κ3) is 1.46. The predicted molar refractivity (Wildman–Crippen MR) is 54.4 cm³/mol. The van der Waals surface area contributed by atoms with Crippen LogP contribution in [0.2, 0.25) is 0 Å². The Balaban J connectivity index is 2.51. The summed E-state index contributed by atoms with van der Waals surface area (Å²) >= 11 is 4.69. The Morgan fingerprint density at radius 1 is 1.46 bits per heavy atom. The van der Waals surface area contributed by atoms with Crippen LogP contribution in [0.1, 0.15) is 0 Å². The van der Waals surface area contributed by atoms with Gasteiger partial charge in [0.15, 0.2) is 16.5 Å². The minimum Gasteiger partial charge on any atom is -0.376 e. The van der Waals surface area contributed by atoms with E-state index in [1.807, 2.05) is 24.3 Å². The lowest BCUT2D eigenvalue weighted by Crippen LogP contribution is -2.19. The molecular weight excluding hydrogens is 186 g/mol. The first-order chi connectivity index (χ1) is 6.27. The summed E-state index contributed by atoms with van der Waals surface area (Å²) < 4.78 is 5.02. The summed E-state index contributed by atoms with van der Waals surface area (Å²) in [5, 5.41) is 7.56. The molecule has 0 bridgehead atoms. The molecule has 1 aromatic heterocycles. The summed E-state index contributed by atoms with van der Waals surface area (Å²) in [7, 11) is 0. The minimum absolute atomic E-state index is 0.180.